The number of rotatable bonds is 7. The molecule has 2 aliphatic heterocycles. The zero-order chi connectivity index (χ0) is 22.5. The van der Waals surface area contributed by atoms with E-state index in [2.05, 4.69) is 34.3 Å². The largest absolute Gasteiger partial charge is 0.398 e. The van der Waals surface area contributed by atoms with E-state index in [4.69, 9.17) is 10.5 Å². The minimum atomic E-state index is -0.292. The van der Waals surface area contributed by atoms with E-state index in [-0.39, 0.29) is 18.0 Å². The Balaban J connectivity index is 1.46. The number of carbonyl (C=O) groups excluding carboxylic acids is 1. The van der Waals surface area contributed by atoms with Crippen molar-refractivity contribution < 1.29 is 9.53 Å². The lowest BCUT2D eigenvalue weighted by atomic mass is 9.95. The average Bonchev–Trinajstić information content (AvgIpc) is 2.79. The van der Waals surface area contributed by atoms with Crippen LogP contribution in [-0.4, -0.2) is 80.3 Å². The van der Waals surface area contributed by atoms with Gasteiger partial charge in [0.1, 0.15) is 6.04 Å². The van der Waals surface area contributed by atoms with Crippen LogP contribution in [0, 0.1) is 27.7 Å². The first-order chi connectivity index (χ1) is 14.8. The van der Waals surface area contributed by atoms with E-state index in [1.807, 2.05) is 20.8 Å². The minimum absolute atomic E-state index is 0.0673. The highest BCUT2D eigenvalue weighted by Crippen LogP contribution is 2.32. The summed E-state index contributed by atoms with van der Waals surface area (Å²) in [6.07, 6.45) is 2.03. The Labute approximate surface area is 187 Å². The minimum Gasteiger partial charge on any atom is -0.398 e. The molecule has 2 aliphatic rings. The maximum absolute atomic E-state index is 12.9. The molecule has 1 aromatic rings. The number of hydrogen-bond acceptors (Lipinski definition) is 6. The maximum atomic E-state index is 12.9. The van der Waals surface area contributed by atoms with Crippen molar-refractivity contribution in [2.75, 3.05) is 63.5 Å². The lowest BCUT2D eigenvalue weighted by molar-refractivity contribution is -0.122. The monoisotopic (exact) mass is 431 g/mol. The fourth-order valence-electron chi connectivity index (χ4n) is 4.57. The van der Waals surface area contributed by atoms with Crippen LogP contribution in [0.15, 0.2) is 0 Å². The van der Waals surface area contributed by atoms with E-state index in [9.17, 15) is 4.79 Å². The number of nitrogens with zero attached hydrogens (tertiary/aromatic N) is 2. The zero-order valence-electron chi connectivity index (χ0n) is 20.0. The van der Waals surface area contributed by atoms with Crippen molar-refractivity contribution in [2.24, 2.45) is 0 Å². The first kappa shape index (κ1) is 23.8. The third-order valence-electron chi connectivity index (χ3n) is 7.21. The molecule has 0 radical (unpaired) electrons. The number of piperidine rings is 1. The van der Waals surface area contributed by atoms with E-state index in [1.54, 1.807) is 0 Å². The molecule has 2 heterocycles. The number of anilines is 2. The molecule has 0 saturated carbocycles. The summed E-state index contributed by atoms with van der Waals surface area (Å²) < 4.78 is 5.42. The van der Waals surface area contributed by atoms with Crippen LogP contribution in [0.1, 0.15) is 42.0 Å². The van der Waals surface area contributed by atoms with Gasteiger partial charge in [-0.05, 0) is 69.7 Å². The second-order valence-corrected chi connectivity index (χ2v) is 9.23. The first-order valence-electron chi connectivity index (χ1n) is 11.7. The molecule has 174 valence electrons. The molecule has 0 aliphatic carbocycles. The summed E-state index contributed by atoms with van der Waals surface area (Å²) in [4.78, 5) is 17.9. The summed E-state index contributed by atoms with van der Waals surface area (Å²) in [5.74, 6) is 0.0673. The summed E-state index contributed by atoms with van der Waals surface area (Å²) >= 11 is 0. The molecule has 0 bridgehead atoms. The fourth-order valence-corrected chi connectivity index (χ4v) is 4.57. The van der Waals surface area contributed by atoms with Gasteiger partial charge in [-0.15, -0.1) is 0 Å². The number of ether oxygens (including phenoxy) is 1. The third kappa shape index (κ3) is 5.90. The molecule has 2 saturated heterocycles. The Morgan fingerprint density at radius 2 is 1.48 bits per heavy atom. The lowest BCUT2D eigenvalue weighted by Gasteiger charge is -2.35. The van der Waals surface area contributed by atoms with Gasteiger partial charge in [0.2, 0.25) is 5.91 Å². The molecule has 1 aromatic carbocycles. The van der Waals surface area contributed by atoms with Crippen LogP contribution in [-0.2, 0) is 9.53 Å². The molecule has 7 heteroatoms. The number of hydrogen-bond donors (Lipinski definition) is 3. The van der Waals surface area contributed by atoms with Gasteiger partial charge in [0, 0.05) is 56.7 Å². The van der Waals surface area contributed by atoms with Gasteiger partial charge in [0.15, 0.2) is 0 Å². The van der Waals surface area contributed by atoms with Crippen LogP contribution in [0.5, 0.6) is 0 Å². The van der Waals surface area contributed by atoms with Gasteiger partial charge >= 0.3 is 0 Å². The molecule has 0 spiro atoms. The van der Waals surface area contributed by atoms with Gasteiger partial charge in [-0.3, -0.25) is 9.69 Å². The Morgan fingerprint density at radius 3 is 2.03 bits per heavy atom. The van der Waals surface area contributed by atoms with Crippen molar-refractivity contribution in [3.05, 3.63) is 22.3 Å². The van der Waals surface area contributed by atoms with E-state index in [0.29, 0.717) is 0 Å². The van der Waals surface area contributed by atoms with Crippen molar-refractivity contribution in [3.8, 4) is 0 Å². The van der Waals surface area contributed by atoms with Crippen molar-refractivity contribution in [3.63, 3.8) is 0 Å². The van der Waals surface area contributed by atoms with Crippen LogP contribution >= 0.6 is 0 Å². The van der Waals surface area contributed by atoms with Gasteiger partial charge in [-0.2, -0.15) is 0 Å². The smallest absolute Gasteiger partial charge is 0.242 e. The van der Waals surface area contributed by atoms with E-state index in [0.717, 1.165) is 99.0 Å². The van der Waals surface area contributed by atoms with E-state index >= 15 is 0 Å². The maximum Gasteiger partial charge on any atom is 0.242 e. The summed E-state index contributed by atoms with van der Waals surface area (Å²) in [7, 11) is 0. The topological polar surface area (TPSA) is 82.9 Å². The van der Waals surface area contributed by atoms with Crippen LogP contribution in [0.4, 0.5) is 11.4 Å². The van der Waals surface area contributed by atoms with Crippen LogP contribution in [0.3, 0.4) is 0 Å². The highest BCUT2D eigenvalue weighted by atomic mass is 16.5. The van der Waals surface area contributed by atoms with Crippen molar-refractivity contribution >= 4 is 17.3 Å². The average molecular weight is 432 g/mol. The van der Waals surface area contributed by atoms with E-state index < -0.39 is 0 Å². The predicted octanol–water partition coefficient (Wildman–Crippen LogP) is 2.22. The summed E-state index contributed by atoms with van der Waals surface area (Å²) in [6.45, 7) is 18.3. The summed E-state index contributed by atoms with van der Waals surface area (Å²) in [5, 5.41) is 6.71. The van der Waals surface area contributed by atoms with Crippen LogP contribution in [0.2, 0.25) is 0 Å². The molecule has 31 heavy (non-hydrogen) atoms. The first-order valence-corrected chi connectivity index (χ1v) is 11.7. The molecule has 7 nitrogen and oxygen atoms in total. The molecule has 4 N–H and O–H groups in total. The van der Waals surface area contributed by atoms with Crippen molar-refractivity contribution in [1.82, 2.24) is 15.1 Å². The van der Waals surface area contributed by atoms with Crippen molar-refractivity contribution in [2.45, 2.75) is 59.5 Å². The molecule has 1 amide bonds. The fraction of sp³-hybridized carbons (Fsp3) is 0.708. The number of nitrogens with one attached hydrogen (secondary N) is 2. The molecule has 3 rings (SSSR count). The van der Waals surface area contributed by atoms with Gasteiger partial charge in [0.25, 0.3) is 0 Å². The SMILES string of the molecule is Cc1c(C)c(NC(C)C(=O)NC2CCN(CCN3CCOCC3)CC2)c(C)c(C)c1N. The summed E-state index contributed by atoms with van der Waals surface area (Å²) in [6, 6.07) is -0.0346. The number of benzene rings is 1. The van der Waals surface area contributed by atoms with Gasteiger partial charge in [0.05, 0.1) is 13.2 Å². The Morgan fingerprint density at radius 1 is 0.968 bits per heavy atom. The molecule has 2 fully saturated rings. The van der Waals surface area contributed by atoms with Gasteiger partial charge in [-0.1, -0.05) is 0 Å². The molecule has 0 aromatic heterocycles. The molecular weight excluding hydrogens is 390 g/mol. The highest BCUT2D eigenvalue weighted by molar-refractivity contribution is 5.85. The Hall–Kier alpha value is -1.83. The second kappa shape index (κ2) is 10.7. The zero-order valence-corrected chi connectivity index (χ0v) is 20.0. The van der Waals surface area contributed by atoms with Crippen molar-refractivity contribution in [1.29, 1.82) is 0 Å². The quantitative estimate of drug-likeness (QED) is 0.574. The van der Waals surface area contributed by atoms with Crippen LogP contribution in [0.25, 0.3) is 0 Å². The number of nitrogens with two attached hydrogens (primary N) is 1. The number of nitrogen functional groups attached to an aromatic ring is 1. The number of morpholine rings is 1. The normalized spacial score (nSPS) is 19.9. The summed E-state index contributed by atoms with van der Waals surface area (Å²) in [5.41, 5.74) is 12.5. The van der Waals surface area contributed by atoms with Gasteiger partial charge in [-0.25, -0.2) is 0 Å². The van der Waals surface area contributed by atoms with E-state index in [1.165, 1.54) is 0 Å². The predicted molar refractivity (Wildman–Crippen MR) is 128 cm³/mol. The number of carbonyl (C=O) groups is 1. The Kier molecular flexibility index (Phi) is 8.19. The molecular formula is C24H41N5O2. The number of likely N-dealkylation sites (tertiary alicyclic amines) is 1. The Bertz CT molecular complexity index is 739. The molecule has 1 unspecified atom stereocenters. The highest BCUT2D eigenvalue weighted by Gasteiger charge is 2.24. The van der Waals surface area contributed by atoms with Crippen LogP contribution < -0.4 is 16.4 Å². The lowest BCUT2D eigenvalue weighted by Crippen LogP contribution is -2.50. The third-order valence-corrected chi connectivity index (χ3v) is 7.21. The number of amides is 1. The standard InChI is InChI=1S/C24H41N5O2/c1-16-18(3)23(19(4)17(2)22(16)25)26-20(5)24(30)27-21-6-8-28(9-7-21)10-11-29-12-14-31-15-13-29/h20-21,26H,6-15,25H2,1-5H3,(H,27,30). The second-order valence-electron chi connectivity index (χ2n) is 9.23. The van der Waals surface area contributed by atoms with Gasteiger partial charge < -0.3 is 26.0 Å². The molecule has 1 atom stereocenters.